The third-order valence-electron chi connectivity index (χ3n) is 4.05. The maximum atomic E-state index is 8.11. The predicted octanol–water partition coefficient (Wildman–Crippen LogP) is 1.73. The Labute approximate surface area is 133 Å². The van der Waals surface area contributed by atoms with E-state index in [0.717, 1.165) is 37.1 Å². The summed E-state index contributed by atoms with van der Waals surface area (Å²) < 4.78 is 1.76. The normalized spacial score (nSPS) is 20.3. The standard InChI is InChI=1S/C16H17N7/c17-11-9-12(18)16(22-6-3-4-7-22)21-15(11)20-13-10-19-23-8-2-1-5-14(13)23/h1-2,5,8-10,18H,3-4,6-7,17H2/b18-12?,20-15-. The van der Waals surface area contributed by atoms with Gasteiger partial charge in [-0.25, -0.2) is 14.5 Å². The Bertz CT molecular complexity index is 865. The van der Waals surface area contributed by atoms with E-state index in [4.69, 9.17) is 11.1 Å². The number of dihydropyridines is 1. The maximum absolute atomic E-state index is 8.11. The van der Waals surface area contributed by atoms with Crippen LogP contribution in [0, 0.1) is 5.41 Å². The first kappa shape index (κ1) is 13.7. The van der Waals surface area contributed by atoms with Gasteiger partial charge in [0, 0.05) is 19.3 Å². The average molecular weight is 307 g/mol. The van der Waals surface area contributed by atoms with Crippen LogP contribution in [0.3, 0.4) is 0 Å². The Morgan fingerprint density at radius 2 is 2.04 bits per heavy atom. The lowest BCUT2D eigenvalue weighted by Gasteiger charge is -2.22. The van der Waals surface area contributed by atoms with Crippen molar-refractivity contribution in [2.75, 3.05) is 13.1 Å². The smallest absolute Gasteiger partial charge is 0.178 e. The van der Waals surface area contributed by atoms with Gasteiger partial charge < -0.3 is 10.6 Å². The van der Waals surface area contributed by atoms with Crippen LogP contribution in [-0.4, -0.2) is 45.0 Å². The van der Waals surface area contributed by atoms with Gasteiger partial charge in [-0.05, 0) is 31.1 Å². The van der Waals surface area contributed by atoms with E-state index < -0.39 is 0 Å². The molecule has 2 aliphatic rings. The second kappa shape index (κ2) is 5.35. The molecule has 2 aromatic heterocycles. The van der Waals surface area contributed by atoms with Crippen LogP contribution in [0.2, 0.25) is 0 Å². The van der Waals surface area contributed by atoms with Gasteiger partial charge in [0.05, 0.1) is 23.1 Å². The third kappa shape index (κ3) is 2.40. The molecule has 2 aliphatic heterocycles. The molecule has 2 aromatic rings. The van der Waals surface area contributed by atoms with Gasteiger partial charge in [-0.2, -0.15) is 5.10 Å². The highest BCUT2D eigenvalue weighted by atomic mass is 15.2. The Hall–Kier alpha value is -2.96. The molecule has 1 fully saturated rings. The van der Waals surface area contributed by atoms with Crippen LogP contribution in [0.4, 0.5) is 5.69 Å². The minimum absolute atomic E-state index is 0.350. The average Bonchev–Trinajstić information content (AvgIpc) is 3.20. The van der Waals surface area contributed by atoms with Crippen molar-refractivity contribution in [3.63, 3.8) is 0 Å². The van der Waals surface area contributed by atoms with E-state index in [2.05, 4.69) is 20.0 Å². The molecular formula is C16H17N7. The van der Waals surface area contributed by atoms with Crippen LogP contribution in [0.1, 0.15) is 12.8 Å². The van der Waals surface area contributed by atoms with Gasteiger partial charge in [-0.1, -0.05) is 6.07 Å². The van der Waals surface area contributed by atoms with Crippen LogP contribution in [0.25, 0.3) is 5.52 Å². The fourth-order valence-electron chi connectivity index (χ4n) is 2.89. The molecule has 116 valence electrons. The molecule has 0 saturated carbocycles. The monoisotopic (exact) mass is 307 g/mol. The van der Waals surface area contributed by atoms with Crippen molar-refractivity contribution in [2.24, 2.45) is 15.7 Å². The predicted molar refractivity (Wildman–Crippen MR) is 90.5 cm³/mol. The quantitative estimate of drug-likeness (QED) is 0.840. The summed E-state index contributed by atoms with van der Waals surface area (Å²) in [6.07, 6.45) is 7.46. The van der Waals surface area contributed by atoms with Crippen LogP contribution in [-0.2, 0) is 0 Å². The molecule has 4 rings (SSSR count). The molecule has 0 radical (unpaired) electrons. The van der Waals surface area contributed by atoms with E-state index in [9.17, 15) is 0 Å². The van der Waals surface area contributed by atoms with E-state index in [1.807, 2.05) is 24.4 Å². The molecular weight excluding hydrogens is 290 g/mol. The molecule has 0 aromatic carbocycles. The van der Waals surface area contributed by atoms with Crippen molar-refractivity contribution in [1.29, 1.82) is 5.41 Å². The van der Waals surface area contributed by atoms with E-state index >= 15 is 0 Å². The number of aromatic nitrogens is 2. The maximum Gasteiger partial charge on any atom is 0.178 e. The molecule has 23 heavy (non-hydrogen) atoms. The summed E-state index contributed by atoms with van der Waals surface area (Å²) in [5, 5.41) is 12.4. The second-order valence-electron chi connectivity index (χ2n) is 5.64. The van der Waals surface area contributed by atoms with Crippen LogP contribution >= 0.6 is 0 Å². The largest absolute Gasteiger partial charge is 0.396 e. The van der Waals surface area contributed by atoms with Gasteiger partial charge in [0.15, 0.2) is 11.7 Å². The minimum Gasteiger partial charge on any atom is -0.396 e. The highest BCUT2D eigenvalue weighted by molar-refractivity contribution is 6.48. The number of nitrogens with zero attached hydrogens (tertiary/aromatic N) is 5. The van der Waals surface area contributed by atoms with Gasteiger partial charge >= 0.3 is 0 Å². The fourth-order valence-corrected chi connectivity index (χ4v) is 2.89. The number of nitrogens with one attached hydrogen (secondary N) is 1. The van der Waals surface area contributed by atoms with Gasteiger partial charge in [0.1, 0.15) is 5.69 Å². The Morgan fingerprint density at radius 3 is 2.87 bits per heavy atom. The molecule has 0 spiro atoms. The number of amidine groups is 2. The van der Waals surface area contributed by atoms with Crippen LogP contribution in [0.15, 0.2) is 52.4 Å². The van der Waals surface area contributed by atoms with Gasteiger partial charge in [-0.15, -0.1) is 0 Å². The van der Waals surface area contributed by atoms with Crippen molar-refractivity contribution in [2.45, 2.75) is 12.8 Å². The van der Waals surface area contributed by atoms with E-state index in [0.29, 0.717) is 23.1 Å². The van der Waals surface area contributed by atoms with E-state index in [1.165, 1.54) is 0 Å². The summed E-state index contributed by atoms with van der Waals surface area (Å²) in [6, 6.07) is 5.80. The van der Waals surface area contributed by atoms with E-state index in [-0.39, 0.29) is 0 Å². The van der Waals surface area contributed by atoms with Crippen LogP contribution in [0.5, 0.6) is 0 Å². The van der Waals surface area contributed by atoms with Gasteiger partial charge in [0.25, 0.3) is 0 Å². The number of hydrogen-bond donors (Lipinski definition) is 2. The molecule has 1 saturated heterocycles. The number of pyridine rings is 1. The highest BCUT2D eigenvalue weighted by Gasteiger charge is 2.24. The summed E-state index contributed by atoms with van der Waals surface area (Å²) in [4.78, 5) is 11.2. The third-order valence-corrected chi connectivity index (χ3v) is 4.05. The molecule has 0 amide bonds. The second-order valence-corrected chi connectivity index (χ2v) is 5.64. The Morgan fingerprint density at radius 1 is 1.22 bits per heavy atom. The van der Waals surface area contributed by atoms with Crippen molar-refractivity contribution < 1.29 is 0 Å². The Balaban J connectivity index is 1.76. The first-order chi connectivity index (χ1) is 11.2. The van der Waals surface area contributed by atoms with Crippen molar-refractivity contribution in [1.82, 2.24) is 14.5 Å². The molecule has 7 heteroatoms. The lowest BCUT2D eigenvalue weighted by atomic mass is 10.2. The van der Waals surface area contributed by atoms with Crippen molar-refractivity contribution in [3.8, 4) is 0 Å². The number of rotatable bonds is 1. The summed E-state index contributed by atoms with van der Waals surface area (Å²) >= 11 is 0. The SMILES string of the molecule is N=C1C=C(N)/C(=N/c2cnn3ccccc23)N=C1N1CCCC1. The lowest BCUT2D eigenvalue weighted by Crippen LogP contribution is -2.37. The summed E-state index contributed by atoms with van der Waals surface area (Å²) in [6.45, 7) is 1.86. The van der Waals surface area contributed by atoms with Gasteiger partial charge in [-0.3, -0.25) is 5.41 Å². The molecule has 0 bridgehead atoms. The molecule has 0 unspecified atom stereocenters. The van der Waals surface area contributed by atoms with Crippen molar-refractivity contribution >= 4 is 28.6 Å². The number of likely N-dealkylation sites (tertiary alicyclic amines) is 1. The number of fused-ring (bicyclic) bond motifs is 1. The zero-order valence-corrected chi connectivity index (χ0v) is 12.6. The topological polar surface area (TPSA) is 95.1 Å². The zero-order chi connectivity index (χ0) is 15.8. The first-order valence-corrected chi connectivity index (χ1v) is 7.63. The summed E-state index contributed by atoms with van der Waals surface area (Å²) in [5.74, 6) is 1.11. The number of aliphatic imine (C=N–C) groups is 2. The molecule has 0 atom stereocenters. The van der Waals surface area contributed by atoms with Gasteiger partial charge in [0.2, 0.25) is 0 Å². The number of hydrogen-bond acceptors (Lipinski definition) is 5. The Kier molecular flexibility index (Phi) is 3.18. The van der Waals surface area contributed by atoms with Crippen LogP contribution < -0.4 is 5.73 Å². The molecule has 7 nitrogen and oxygen atoms in total. The van der Waals surface area contributed by atoms with E-state index in [1.54, 1.807) is 16.8 Å². The first-order valence-electron chi connectivity index (χ1n) is 7.63. The summed E-state index contributed by atoms with van der Waals surface area (Å²) in [7, 11) is 0. The molecule has 0 aliphatic carbocycles. The molecule has 3 N–H and O–H groups in total. The zero-order valence-electron chi connectivity index (χ0n) is 12.6. The highest BCUT2D eigenvalue weighted by Crippen LogP contribution is 2.22. The fraction of sp³-hybridized carbons (Fsp3) is 0.250. The lowest BCUT2D eigenvalue weighted by molar-refractivity contribution is 0.526. The molecule has 4 heterocycles. The van der Waals surface area contributed by atoms with Crippen molar-refractivity contribution in [3.05, 3.63) is 42.4 Å². The summed E-state index contributed by atoms with van der Waals surface area (Å²) in [5.41, 5.74) is 8.40. The number of nitrogens with two attached hydrogens (primary N) is 1. The minimum atomic E-state index is 0.350.